The van der Waals surface area contributed by atoms with Crippen LogP contribution in [0.5, 0.6) is 0 Å². The number of hydrogen-bond donors (Lipinski definition) is 3. The molecule has 0 aliphatic carbocycles. The first-order chi connectivity index (χ1) is 7.08. The summed E-state index contributed by atoms with van der Waals surface area (Å²) in [6.07, 6.45) is 1.96. The van der Waals surface area contributed by atoms with Gasteiger partial charge < -0.3 is 16.2 Å². The number of nitrogen functional groups attached to an aromatic ring is 1. The molecular formula is C10H18N4O. The van der Waals surface area contributed by atoms with Gasteiger partial charge in [0, 0.05) is 12.7 Å². The molecule has 0 aromatic carbocycles. The third kappa shape index (κ3) is 4.60. The molecule has 1 aromatic heterocycles. The van der Waals surface area contributed by atoms with E-state index >= 15 is 0 Å². The van der Waals surface area contributed by atoms with Gasteiger partial charge in [-0.1, -0.05) is 13.8 Å². The zero-order chi connectivity index (χ0) is 11.3. The van der Waals surface area contributed by atoms with Crippen LogP contribution in [0.2, 0.25) is 0 Å². The summed E-state index contributed by atoms with van der Waals surface area (Å²) >= 11 is 0. The monoisotopic (exact) mass is 210 g/mol. The van der Waals surface area contributed by atoms with Crippen LogP contribution in [0.1, 0.15) is 20.3 Å². The van der Waals surface area contributed by atoms with Crippen molar-refractivity contribution in [1.82, 2.24) is 9.97 Å². The van der Waals surface area contributed by atoms with Crippen LogP contribution in [-0.2, 0) is 0 Å². The molecule has 0 amide bonds. The Morgan fingerprint density at radius 3 is 2.87 bits per heavy atom. The number of rotatable bonds is 5. The minimum atomic E-state index is -0.380. The minimum absolute atomic E-state index is 0.380. The van der Waals surface area contributed by atoms with E-state index in [-0.39, 0.29) is 6.10 Å². The summed E-state index contributed by atoms with van der Waals surface area (Å²) < 4.78 is 0. The van der Waals surface area contributed by atoms with E-state index in [0.29, 0.717) is 24.2 Å². The summed E-state index contributed by atoms with van der Waals surface area (Å²) in [5.74, 6) is 1.35. The third-order valence-electron chi connectivity index (χ3n) is 1.92. The Hall–Kier alpha value is -1.36. The van der Waals surface area contributed by atoms with Crippen LogP contribution in [0.4, 0.5) is 11.8 Å². The molecule has 1 heterocycles. The number of hydrogen-bond acceptors (Lipinski definition) is 5. The van der Waals surface area contributed by atoms with Gasteiger partial charge in [-0.05, 0) is 18.4 Å². The molecule has 1 unspecified atom stereocenters. The lowest BCUT2D eigenvalue weighted by atomic mass is 10.1. The molecule has 0 aliphatic heterocycles. The van der Waals surface area contributed by atoms with Gasteiger partial charge in [-0.15, -0.1) is 0 Å². The molecule has 0 aliphatic rings. The maximum Gasteiger partial charge on any atom is 0.224 e. The molecule has 0 bridgehead atoms. The fourth-order valence-electron chi connectivity index (χ4n) is 1.29. The van der Waals surface area contributed by atoms with Gasteiger partial charge in [-0.3, -0.25) is 0 Å². The van der Waals surface area contributed by atoms with E-state index in [9.17, 15) is 5.11 Å². The molecule has 5 heteroatoms. The third-order valence-corrected chi connectivity index (χ3v) is 1.92. The lowest BCUT2D eigenvalue weighted by Crippen LogP contribution is -2.22. The fourth-order valence-corrected chi connectivity index (χ4v) is 1.29. The van der Waals surface area contributed by atoms with Crippen molar-refractivity contribution >= 4 is 11.8 Å². The van der Waals surface area contributed by atoms with E-state index in [0.717, 1.165) is 6.42 Å². The highest BCUT2D eigenvalue weighted by molar-refractivity contribution is 5.34. The molecule has 0 saturated heterocycles. The molecule has 0 fully saturated rings. The van der Waals surface area contributed by atoms with Crippen LogP contribution in [0.3, 0.4) is 0 Å². The zero-order valence-corrected chi connectivity index (χ0v) is 9.14. The van der Waals surface area contributed by atoms with Crippen molar-refractivity contribution in [2.75, 3.05) is 17.6 Å². The van der Waals surface area contributed by atoms with Crippen molar-refractivity contribution < 1.29 is 5.11 Å². The number of nitrogens with two attached hydrogens (primary N) is 1. The van der Waals surface area contributed by atoms with Crippen LogP contribution in [0.25, 0.3) is 0 Å². The molecular weight excluding hydrogens is 192 g/mol. The summed E-state index contributed by atoms with van der Waals surface area (Å²) in [6.45, 7) is 4.59. The Morgan fingerprint density at radius 2 is 2.27 bits per heavy atom. The first kappa shape index (κ1) is 11.7. The summed E-state index contributed by atoms with van der Waals surface area (Å²) in [7, 11) is 0. The number of aliphatic hydroxyl groups is 1. The predicted octanol–water partition coefficient (Wildman–Crippen LogP) is 0.878. The van der Waals surface area contributed by atoms with Crippen LogP contribution in [0.15, 0.2) is 12.3 Å². The van der Waals surface area contributed by atoms with Crippen LogP contribution in [-0.4, -0.2) is 27.7 Å². The van der Waals surface area contributed by atoms with E-state index in [1.807, 2.05) is 0 Å². The van der Waals surface area contributed by atoms with E-state index in [1.165, 1.54) is 0 Å². The smallest absolute Gasteiger partial charge is 0.224 e. The molecule has 1 atom stereocenters. The van der Waals surface area contributed by atoms with E-state index in [4.69, 9.17) is 5.73 Å². The molecule has 84 valence electrons. The van der Waals surface area contributed by atoms with Gasteiger partial charge >= 0.3 is 0 Å². The summed E-state index contributed by atoms with van der Waals surface area (Å²) in [4.78, 5) is 7.95. The molecule has 4 N–H and O–H groups in total. The van der Waals surface area contributed by atoms with Crippen molar-refractivity contribution in [2.24, 2.45) is 5.92 Å². The minimum Gasteiger partial charge on any atom is -0.391 e. The van der Waals surface area contributed by atoms with Crippen molar-refractivity contribution in [3.05, 3.63) is 12.3 Å². The molecule has 5 nitrogen and oxygen atoms in total. The quantitative estimate of drug-likeness (QED) is 0.671. The lowest BCUT2D eigenvalue weighted by Gasteiger charge is -2.13. The Bertz CT molecular complexity index is 303. The second-order valence-corrected chi connectivity index (χ2v) is 3.97. The average Bonchev–Trinajstić information content (AvgIpc) is 2.14. The Morgan fingerprint density at radius 1 is 1.53 bits per heavy atom. The number of nitrogens with zero attached hydrogens (tertiary/aromatic N) is 2. The second kappa shape index (κ2) is 5.50. The topological polar surface area (TPSA) is 84.1 Å². The van der Waals surface area contributed by atoms with Gasteiger partial charge in [0.25, 0.3) is 0 Å². The molecule has 15 heavy (non-hydrogen) atoms. The van der Waals surface area contributed by atoms with E-state index < -0.39 is 0 Å². The van der Waals surface area contributed by atoms with Gasteiger partial charge in [0.05, 0.1) is 6.10 Å². The highest BCUT2D eigenvalue weighted by Crippen LogP contribution is 2.06. The van der Waals surface area contributed by atoms with E-state index in [1.54, 1.807) is 12.3 Å². The van der Waals surface area contributed by atoms with Crippen molar-refractivity contribution in [3.63, 3.8) is 0 Å². The number of aromatic nitrogens is 2. The van der Waals surface area contributed by atoms with Gasteiger partial charge in [-0.2, -0.15) is 4.98 Å². The highest BCUT2D eigenvalue weighted by atomic mass is 16.3. The van der Waals surface area contributed by atoms with Crippen LogP contribution < -0.4 is 11.1 Å². The second-order valence-electron chi connectivity index (χ2n) is 3.97. The predicted molar refractivity (Wildman–Crippen MR) is 60.4 cm³/mol. The van der Waals surface area contributed by atoms with Gasteiger partial charge in [0.15, 0.2) is 0 Å². The Balaban J connectivity index is 2.36. The molecule has 0 saturated carbocycles. The lowest BCUT2D eigenvalue weighted by molar-refractivity contribution is 0.161. The Labute approximate surface area is 89.7 Å². The normalized spacial score (nSPS) is 12.8. The number of anilines is 2. The summed E-state index contributed by atoms with van der Waals surface area (Å²) in [6, 6.07) is 1.62. The molecule has 1 rings (SSSR count). The van der Waals surface area contributed by atoms with Crippen LogP contribution in [0, 0.1) is 5.92 Å². The maximum absolute atomic E-state index is 9.60. The molecule has 0 spiro atoms. The van der Waals surface area contributed by atoms with Gasteiger partial charge in [0.2, 0.25) is 5.95 Å². The first-order valence-electron chi connectivity index (χ1n) is 5.08. The van der Waals surface area contributed by atoms with Gasteiger partial charge in [0.1, 0.15) is 5.82 Å². The van der Waals surface area contributed by atoms with E-state index in [2.05, 4.69) is 29.1 Å². The zero-order valence-electron chi connectivity index (χ0n) is 9.14. The highest BCUT2D eigenvalue weighted by Gasteiger charge is 2.07. The average molecular weight is 210 g/mol. The molecule has 0 radical (unpaired) electrons. The Kier molecular flexibility index (Phi) is 4.30. The summed E-state index contributed by atoms with van der Waals surface area (Å²) in [5.41, 5.74) is 5.49. The van der Waals surface area contributed by atoms with Crippen molar-refractivity contribution in [1.29, 1.82) is 0 Å². The first-order valence-corrected chi connectivity index (χ1v) is 5.08. The SMILES string of the molecule is CC(C)CC(O)CNc1nccc(N)n1. The van der Waals surface area contributed by atoms with Crippen LogP contribution >= 0.6 is 0 Å². The van der Waals surface area contributed by atoms with Crippen molar-refractivity contribution in [3.8, 4) is 0 Å². The molecule has 1 aromatic rings. The summed E-state index contributed by atoms with van der Waals surface area (Å²) in [5, 5.41) is 12.5. The number of aliphatic hydroxyl groups excluding tert-OH is 1. The maximum atomic E-state index is 9.60. The standard InChI is InChI=1S/C10H18N4O/c1-7(2)5-8(15)6-13-10-12-4-3-9(11)14-10/h3-4,7-8,15H,5-6H2,1-2H3,(H3,11,12,13,14). The van der Waals surface area contributed by atoms with Crippen molar-refractivity contribution in [2.45, 2.75) is 26.4 Å². The largest absolute Gasteiger partial charge is 0.391 e. The number of nitrogens with one attached hydrogen (secondary N) is 1. The fraction of sp³-hybridized carbons (Fsp3) is 0.600. The van der Waals surface area contributed by atoms with Gasteiger partial charge in [-0.25, -0.2) is 4.98 Å².